The molecule has 0 aliphatic rings. The molecule has 0 aromatic rings. The third-order valence-corrected chi connectivity index (χ3v) is 13.2. The summed E-state index contributed by atoms with van der Waals surface area (Å²) in [7, 11) is 0. The summed E-state index contributed by atoms with van der Waals surface area (Å²) in [5, 5.41) is 0. The van der Waals surface area contributed by atoms with Crippen LogP contribution in [0.25, 0.3) is 0 Å². The van der Waals surface area contributed by atoms with E-state index in [-0.39, 0.29) is 31.1 Å². The van der Waals surface area contributed by atoms with Crippen LogP contribution in [-0.4, -0.2) is 37.2 Å². The van der Waals surface area contributed by atoms with Crippen LogP contribution in [0.5, 0.6) is 0 Å². The fourth-order valence-corrected chi connectivity index (χ4v) is 8.51. The molecule has 6 heteroatoms. The highest BCUT2D eigenvalue weighted by Gasteiger charge is 2.19. The van der Waals surface area contributed by atoms with Crippen molar-refractivity contribution < 1.29 is 28.6 Å². The highest BCUT2D eigenvalue weighted by atomic mass is 16.6. The predicted molar refractivity (Wildman–Crippen MR) is 330 cm³/mol. The standard InChI is InChI=1S/C70H116O6/c1-4-7-10-13-16-19-22-25-28-30-31-32-33-34-35-36-37-38-39-40-43-45-48-51-54-57-60-63-69(72)75-66-67(65-74-68(71)62-59-56-53-50-47-44-41-27-24-21-18-15-12-9-6-3)76-70(73)64-61-58-55-52-49-46-42-29-26-23-20-17-14-11-8-5-2/h7,9-10,12,16,18-21,23,25,27-29,31-32,41-42,47,50,67H,4-6,8,11,13-15,17,22,24,26,30,33-40,43-46,48-49,51-66H2,1-3H3/b10-7-,12-9-,19-16-,21-18-,23-20-,28-25-,32-31-,41-27-,42-29-,50-47-. The lowest BCUT2D eigenvalue weighted by molar-refractivity contribution is -0.167. The molecule has 0 aromatic heterocycles. The van der Waals surface area contributed by atoms with Gasteiger partial charge in [-0.3, -0.25) is 14.4 Å². The van der Waals surface area contributed by atoms with Crippen LogP contribution in [0.15, 0.2) is 122 Å². The van der Waals surface area contributed by atoms with Crippen molar-refractivity contribution in [1.82, 2.24) is 0 Å². The van der Waals surface area contributed by atoms with Crippen molar-refractivity contribution in [2.45, 2.75) is 290 Å². The normalized spacial score (nSPS) is 12.9. The number of rotatable bonds is 56. The third-order valence-electron chi connectivity index (χ3n) is 13.2. The summed E-state index contributed by atoms with van der Waals surface area (Å²) in [6, 6.07) is 0. The second-order valence-corrected chi connectivity index (χ2v) is 20.5. The molecule has 0 saturated heterocycles. The van der Waals surface area contributed by atoms with Crippen LogP contribution in [-0.2, 0) is 28.6 Å². The third kappa shape index (κ3) is 60.7. The van der Waals surface area contributed by atoms with Crippen molar-refractivity contribution in [2.75, 3.05) is 13.2 Å². The van der Waals surface area contributed by atoms with Crippen molar-refractivity contribution in [2.24, 2.45) is 0 Å². The first-order valence-electron chi connectivity index (χ1n) is 31.5. The average Bonchev–Trinajstić information content (AvgIpc) is 3.42. The van der Waals surface area contributed by atoms with Crippen molar-refractivity contribution in [3.8, 4) is 0 Å². The Morgan fingerprint density at radius 2 is 0.513 bits per heavy atom. The Hall–Kier alpha value is -4.19. The first-order chi connectivity index (χ1) is 37.5. The van der Waals surface area contributed by atoms with E-state index < -0.39 is 6.10 Å². The number of esters is 3. The van der Waals surface area contributed by atoms with Crippen molar-refractivity contribution in [3.05, 3.63) is 122 Å². The van der Waals surface area contributed by atoms with Crippen molar-refractivity contribution in [3.63, 3.8) is 0 Å². The summed E-state index contributed by atoms with van der Waals surface area (Å²) < 4.78 is 16.9. The average molecular weight is 1050 g/mol. The minimum atomic E-state index is -0.806. The van der Waals surface area contributed by atoms with E-state index >= 15 is 0 Å². The zero-order valence-electron chi connectivity index (χ0n) is 49.5. The lowest BCUT2D eigenvalue weighted by Crippen LogP contribution is -2.30. The molecule has 0 heterocycles. The zero-order valence-corrected chi connectivity index (χ0v) is 49.5. The summed E-state index contributed by atoms with van der Waals surface area (Å²) in [4.78, 5) is 38.3. The van der Waals surface area contributed by atoms with Crippen molar-refractivity contribution >= 4 is 17.9 Å². The molecule has 1 unspecified atom stereocenters. The zero-order chi connectivity index (χ0) is 55.0. The highest BCUT2D eigenvalue weighted by molar-refractivity contribution is 5.71. The molecule has 0 spiro atoms. The lowest BCUT2D eigenvalue weighted by Gasteiger charge is -2.18. The summed E-state index contributed by atoms with van der Waals surface area (Å²) in [5.41, 5.74) is 0. The maximum Gasteiger partial charge on any atom is 0.306 e. The molecular formula is C70H116O6. The molecule has 76 heavy (non-hydrogen) atoms. The number of carbonyl (C=O) groups excluding carboxylic acids is 3. The van der Waals surface area contributed by atoms with Gasteiger partial charge in [-0.25, -0.2) is 0 Å². The second kappa shape index (κ2) is 63.3. The molecule has 6 nitrogen and oxygen atoms in total. The van der Waals surface area contributed by atoms with E-state index in [1.165, 1.54) is 109 Å². The largest absolute Gasteiger partial charge is 0.462 e. The van der Waals surface area contributed by atoms with Crippen LogP contribution in [0.4, 0.5) is 0 Å². The Balaban J connectivity index is 4.35. The van der Waals surface area contributed by atoms with Crippen molar-refractivity contribution in [1.29, 1.82) is 0 Å². The molecule has 0 saturated carbocycles. The van der Waals surface area contributed by atoms with Crippen LogP contribution in [0, 0.1) is 0 Å². The Morgan fingerprint density at radius 3 is 0.829 bits per heavy atom. The van der Waals surface area contributed by atoms with E-state index in [0.717, 1.165) is 135 Å². The fourth-order valence-electron chi connectivity index (χ4n) is 8.51. The van der Waals surface area contributed by atoms with E-state index in [1.807, 2.05) is 0 Å². The maximum atomic E-state index is 12.9. The van der Waals surface area contributed by atoms with Gasteiger partial charge < -0.3 is 14.2 Å². The van der Waals surface area contributed by atoms with Gasteiger partial charge in [-0.05, 0) is 128 Å². The Bertz CT molecular complexity index is 1590. The van der Waals surface area contributed by atoms with Gasteiger partial charge in [0.15, 0.2) is 6.10 Å². The number of hydrogen-bond acceptors (Lipinski definition) is 6. The Morgan fingerprint density at radius 1 is 0.276 bits per heavy atom. The van der Waals surface area contributed by atoms with E-state index in [1.54, 1.807) is 0 Å². The fraction of sp³-hybridized carbons (Fsp3) is 0.671. The van der Waals surface area contributed by atoms with Gasteiger partial charge in [0.1, 0.15) is 13.2 Å². The van der Waals surface area contributed by atoms with Crippen LogP contribution in [0.3, 0.4) is 0 Å². The SMILES string of the molecule is CC/C=C\C/C=C\C/C=C\C/C=C\CCCCCCCCCCCCCCCCC(=O)OCC(COC(=O)CCCC/C=C\C/C=C\C/C=C\C/C=C\CC)OC(=O)CCCCCCC/C=C\C/C=C\CCCCCC. The quantitative estimate of drug-likeness (QED) is 0.0261. The molecule has 1 atom stereocenters. The van der Waals surface area contributed by atoms with E-state index in [9.17, 15) is 14.4 Å². The highest BCUT2D eigenvalue weighted by Crippen LogP contribution is 2.16. The summed E-state index contributed by atoms with van der Waals surface area (Å²) in [5.74, 6) is -0.952. The van der Waals surface area contributed by atoms with E-state index in [4.69, 9.17) is 14.2 Å². The first kappa shape index (κ1) is 71.8. The monoisotopic (exact) mass is 1050 g/mol. The Kier molecular flexibility index (Phi) is 59.9. The number of hydrogen-bond donors (Lipinski definition) is 0. The summed E-state index contributed by atoms with van der Waals surface area (Å²) in [6.45, 7) is 6.36. The second-order valence-electron chi connectivity index (χ2n) is 20.5. The van der Waals surface area contributed by atoms with Crippen LogP contribution in [0.2, 0.25) is 0 Å². The minimum Gasteiger partial charge on any atom is -0.462 e. The smallest absolute Gasteiger partial charge is 0.306 e. The van der Waals surface area contributed by atoms with Crippen LogP contribution in [0.1, 0.15) is 284 Å². The number of unbranched alkanes of at least 4 members (excludes halogenated alkanes) is 25. The molecule has 0 N–H and O–H groups in total. The van der Waals surface area contributed by atoms with Gasteiger partial charge in [0.25, 0.3) is 0 Å². The first-order valence-corrected chi connectivity index (χ1v) is 31.5. The predicted octanol–water partition coefficient (Wildman–Crippen LogP) is 21.6. The molecule has 0 aliphatic carbocycles. The molecule has 0 aliphatic heterocycles. The topological polar surface area (TPSA) is 78.9 Å². The molecule has 0 radical (unpaired) electrons. The molecule has 0 bridgehead atoms. The van der Waals surface area contributed by atoms with Gasteiger partial charge in [0, 0.05) is 19.3 Å². The Labute approximate surface area is 469 Å². The molecule has 0 rings (SSSR count). The molecule has 0 aromatic carbocycles. The summed E-state index contributed by atoms with van der Waals surface area (Å²) in [6.07, 6.45) is 87.8. The molecule has 0 amide bonds. The van der Waals surface area contributed by atoms with E-state index in [2.05, 4.69) is 142 Å². The van der Waals surface area contributed by atoms with E-state index in [0.29, 0.717) is 19.3 Å². The maximum absolute atomic E-state index is 12.9. The number of carbonyl (C=O) groups is 3. The van der Waals surface area contributed by atoms with Gasteiger partial charge in [-0.1, -0.05) is 258 Å². The van der Waals surface area contributed by atoms with Crippen LogP contribution >= 0.6 is 0 Å². The van der Waals surface area contributed by atoms with Gasteiger partial charge in [0.05, 0.1) is 0 Å². The summed E-state index contributed by atoms with van der Waals surface area (Å²) >= 11 is 0. The van der Waals surface area contributed by atoms with Crippen LogP contribution < -0.4 is 0 Å². The van der Waals surface area contributed by atoms with Gasteiger partial charge in [0.2, 0.25) is 0 Å². The van der Waals surface area contributed by atoms with Gasteiger partial charge >= 0.3 is 17.9 Å². The molecule has 0 fully saturated rings. The number of ether oxygens (including phenoxy) is 3. The molecular weight excluding hydrogens is 937 g/mol. The van der Waals surface area contributed by atoms with Gasteiger partial charge in [-0.2, -0.15) is 0 Å². The van der Waals surface area contributed by atoms with Gasteiger partial charge in [-0.15, -0.1) is 0 Å². The molecule has 432 valence electrons. The minimum absolute atomic E-state index is 0.0986. The lowest BCUT2D eigenvalue weighted by atomic mass is 10.0. The number of allylic oxidation sites excluding steroid dienone is 20.